The molecule has 1 aromatic carbocycles. The second kappa shape index (κ2) is 4.50. The summed E-state index contributed by atoms with van der Waals surface area (Å²) in [4.78, 5) is 0. The number of amidine groups is 1. The van der Waals surface area contributed by atoms with E-state index in [4.69, 9.17) is 10.9 Å². The van der Waals surface area contributed by atoms with E-state index in [2.05, 4.69) is 24.2 Å². The van der Waals surface area contributed by atoms with Gasteiger partial charge in [0.1, 0.15) is 5.84 Å². The second-order valence-electron chi connectivity index (χ2n) is 2.94. The number of hydrogen-bond donors (Lipinski definition) is 2. The molecule has 0 unspecified atom stereocenters. The lowest BCUT2D eigenvalue weighted by Gasteiger charge is -2.01. The van der Waals surface area contributed by atoms with Crippen LogP contribution in [0.2, 0.25) is 0 Å². The molecule has 0 spiro atoms. The minimum Gasteiger partial charge on any atom is -0.409 e. The Balaban J connectivity index is 2.77. The fraction of sp³-hybridized carbons (Fsp3) is 0.300. The molecule has 3 heteroatoms. The highest BCUT2D eigenvalue weighted by molar-refractivity contribution is 5.82. The van der Waals surface area contributed by atoms with Crippen LogP contribution in [0.15, 0.2) is 29.4 Å². The van der Waals surface area contributed by atoms with Crippen LogP contribution in [0.3, 0.4) is 0 Å². The zero-order chi connectivity index (χ0) is 9.68. The van der Waals surface area contributed by atoms with Crippen LogP contribution in [0.25, 0.3) is 0 Å². The third-order valence-corrected chi connectivity index (χ3v) is 1.91. The van der Waals surface area contributed by atoms with Gasteiger partial charge in [0.05, 0.1) is 0 Å². The highest BCUT2D eigenvalue weighted by atomic mass is 16.4. The zero-order valence-electron chi connectivity index (χ0n) is 7.70. The first-order valence-electron chi connectivity index (χ1n) is 4.30. The van der Waals surface area contributed by atoms with Crippen LogP contribution in [0, 0.1) is 0 Å². The van der Waals surface area contributed by atoms with Gasteiger partial charge in [-0.2, -0.15) is 0 Å². The smallest absolute Gasteiger partial charge is 0.143 e. The van der Waals surface area contributed by atoms with Crippen molar-refractivity contribution in [3.8, 4) is 0 Å². The Morgan fingerprint density at radius 2 is 2.15 bits per heavy atom. The normalized spacial score (nSPS) is 11.6. The molecule has 1 rings (SSSR count). The number of hydrogen-bond acceptors (Lipinski definition) is 2. The number of rotatable bonds is 3. The molecule has 0 aromatic heterocycles. The van der Waals surface area contributed by atoms with E-state index in [1.165, 1.54) is 5.56 Å². The van der Waals surface area contributed by atoms with E-state index in [1.54, 1.807) is 0 Å². The largest absolute Gasteiger partial charge is 0.409 e. The molecule has 0 saturated carbocycles. The maximum Gasteiger partial charge on any atom is 0.143 e. The fourth-order valence-electron chi connectivity index (χ4n) is 1.20. The maximum absolute atomic E-state index is 8.39. The van der Waals surface area contributed by atoms with Crippen molar-refractivity contribution in [2.45, 2.75) is 19.8 Å². The minimum atomic E-state index is 0.244. The van der Waals surface area contributed by atoms with Crippen LogP contribution in [-0.2, 0) is 12.8 Å². The Morgan fingerprint density at radius 1 is 1.46 bits per heavy atom. The lowest BCUT2D eigenvalue weighted by atomic mass is 10.1. The summed E-state index contributed by atoms with van der Waals surface area (Å²) in [5.41, 5.74) is 7.74. The van der Waals surface area contributed by atoms with E-state index in [9.17, 15) is 0 Å². The van der Waals surface area contributed by atoms with E-state index in [0.717, 1.165) is 12.0 Å². The van der Waals surface area contributed by atoms with Crippen molar-refractivity contribution in [3.05, 3.63) is 35.4 Å². The fourth-order valence-corrected chi connectivity index (χ4v) is 1.20. The molecular weight excluding hydrogens is 164 g/mol. The lowest BCUT2D eigenvalue weighted by molar-refractivity contribution is 0.317. The van der Waals surface area contributed by atoms with E-state index in [1.807, 2.05) is 12.1 Å². The summed E-state index contributed by atoms with van der Waals surface area (Å²) in [5, 5.41) is 11.3. The van der Waals surface area contributed by atoms with Gasteiger partial charge >= 0.3 is 0 Å². The van der Waals surface area contributed by atoms with Gasteiger partial charge in [-0.05, 0) is 17.5 Å². The molecule has 0 fully saturated rings. The molecule has 0 saturated heterocycles. The van der Waals surface area contributed by atoms with E-state index < -0.39 is 0 Å². The molecule has 0 aliphatic rings. The molecular formula is C10H14N2O. The van der Waals surface area contributed by atoms with Crippen LogP contribution in [0.4, 0.5) is 0 Å². The number of nitrogens with two attached hydrogens (primary N) is 1. The molecule has 0 aliphatic carbocycles. The molecule has 3 nitrogen and oxygen atoms in total. The van der Waals surface area contributed by atoms with Gasteiger partial charge in [-0.15, -0.1) is 0 Å². The van der Waals surface area contributed by atoms with Crippen LogP contribution in [0.5, 0.6) is 0 Å². The van der Waals surface area contributed by atoms with Crippen LogP contribution in [0.1, 0.15) is 18.1 Å². The van der Waals surface area contributed by atoms with Crippen molar-refractivity contribution in [3.63, 3.8) is 0 Å². The Bertz CT molecular complexity index is 308. The van der Waals surface area contributed by atoms with Crippen molar-refractivity contribution < 1.29 is 5.21 Å². The molecule has 0 heterocycles. The van der Waals surface area contributed by atoms with Gasteiger partial charge in [0.25, 0.3) is 0 Å². The van der Waals surface area contributed by atoms with Gasteiger partial charge in [-0.1, -0.05) is 36.3 Å². The average molecular weight is 178 g/mol. The first-order valence-corrected chi connectivity index (χ1v) is 4.30. The predicted octanol–water partition coefficient (Wildman–Crippen LogP) is 1.54. The molecule has 13 heavy (non-hydrogen) atoms. The molecule has 0 amide bonds. The summed E-state index contributed by atoms with van der Waals surface area (Å²) in [5.74, 6) is 0.244. The highest BCUT2D eigenvalue weighted by Crippen LogP contribution is 2.06. The Labute approximate surface area is 77.9 Å². The highest BCUT2D eigenvalue weighted by Gasteiger charge is 1.97. The predicted molar refractivity (Wildman–Crippen MR) is 52.9 cm³/mol. The van der Waals surface area contributed by atoms with Crippen molar-refractivity contribution >= 4 is 5.84 Å². The summed E-state index contributed by atoms with van der Waals surface area (Å²) in [6, 6.07) is 8.09. The van der Waals surface area contributed by atoms with E-state index in [-0.39, 0.29) is 5.84 Å². The zero-order valence-corrected chi connectivity index (χ0v) is 7.70. The molecule has 0 atom stereocenters. The molecule has 0 aliphatic heterocycles. The summed E-state index contributed by atoms with van der Waals surface area (Å²) in [6.45, 7) is 2.10. The van der Waals surface area contributed by atoms with Gasteiger partial charge in [0, 0.05) is 6.42 Å². The summed E-state index contributed by atoms with van der Waals surface area (Å²) >= 11 is 0. The van der Waals surface area contributed by atoms with Gasteiger partial charge in [-0.25, -0.2) is 0 Å². The molecule has 0 bridgehead atoms. The van der Waals surface area contributed by atoms with Crippen LogP contribution in [-0.4, -0.2) is 11.0 Å². The molecule has 70 valence electrons. The topological polar surface area (TPSA) is 58.6 Å². The van der Waals surface area contributed by atoms with Gasteiger partial charge in [0.2, 0.25) is 0 Å². The summed E-state index contributed by atoms with van der Waals surface area (Å²) in [7, 11) is 0. The van der Waals surface area contributed by atoms with Crippen molar-refractivity contribution in [2.24, 2.45) is 10.9 Å². The quantitative estimate of drug-likeness (QED) is 0.319. The van der Waals surface area contributed by atoms with Crippen LogP contribution >= 0.6 is 0 Å². The third kappa shape index (κ3) is 2.78. The SMILES string of the molecule is CCc1cccc(C/C(N)=N/O)c1. The molecule has 3 N–H and O–H groups in total. The Kier molecular flexibility index (Phi) is 3.31. The van der Waals surface area contributed by atoms with Crippen molar-refractivity contribution in [2.75, 3.05) is 0 Å². The molecule has 0 radical (unpaired) electrons. The van der Waals surface area contributed by atoms with Crippen LogP contribution < -0.4 is 5.73 Å². The van der Waals surface area contributed by atoms with Crippen molar-refractivity contribution in [1.29, 1.82) is 0 Å². The lowest BCUT2D eigenvalue weighted by Crippen LogP contribution is -2.14. The second-order valence-corrected chi connectivity index (χ2v) is 2.94. The minimum absolute atomic E-state index is 0.244. The first kappa shape index (κ1) is 9.58. The first-order chi connectivity index (χ1) is 6.26. The number of benzene rings is 1. The average Bonchev–Trinajstić information content (AvgIpc) is 2.18. The van der Waals surface area contributed by atoms with Gasteiger partial charge in [0.15, 0.2) is 0 Å². The van der Waals surface area contributed by atoms with Gasteiger partial charge < -0.3 is 10.9 Å². The standard InChI is InChI=1S/C10H14N2O/c1-2-8-4-3-5-9(6-8)7-10(11)12-13/h3-6,13H,2,7H2,1H3,(H2,11,12). The Hall–Kier alpha value is -1.51. The summed E-state index contributed by atoms with van der Waals surface area (Å²) in [6.07, 6.45) is 1.51. The molecule has 1 aromatic rings. The Morgan fingerprint density at radius 3 is 2.77 bits per heavy atom. The summed E-state index contributed by atoms with van der Waals surface area (Å²) < 4.78 is 0. The van der Waals surface area contributed by atoms with E-state index >= 15 is 0 Å². The number of aryl methyl sites for hydroxylation is 1. The maximum atomic E-state index is 8.39. The van der Waals surface area contributed by atoms with E-state index in [0.29, 0.717) is 6.42 Å². The number of nitrogens with zero attached hydrogens (tertiary/aromatic N) is 1. The van der Waals surface area contributed by atoms with Crippen molar-refractivity contribution in [1.82, 2.24) is 0 Å². The number of oxime groups is 1. The third-order valence-electron chi connectivity index (χ3n) is 1.91. The monoisotopic (exact) mass is 178 g/mol. The van der Waals surface area contributed by atoms with Gasteiger partial charge in [-0.3, -0.25) is 0 Å².